The van der Waals surface area contributed by atoms with E-state index in [9.17, 15) is 9.59 Å². The minimum absolute atomic E-state index is 0.216. The number of hydrogen-bond acceptors (Lipinski definition) is 4. The fourth-order valence-corrected chi connectivity index (χ4v) is 2.49. The Morgan fingerprint density at radius 3 is 2.96 bits per heavy atom. The third-order valence-electron chi connectivity index (χ3n) is 3.60. The lowest BCUT2D eigenvalue weighted by atomic mass is 10.1. The number of benzene rings is 2. The van der Waals surface area contributed by atoms with Gasteiger partial charge in [0, 0.05) is 11.3 Å². The van der Waals surface area contributed by atoms with Crippen LogP contribution in [-0.2, 0) is 4.79 Å². The summed E-state index contributed by atoms with van der Waals surface area (Å²) in [6.45, 7) is 0.216. The smallest absolute Gasteiger partial charge is 0.417 e. The van der Waals surface area contributed by atoms with Gasteiger partial charge in [-0.25, -0.2) is 4.79 Å². The van der Waals surface area contributed by atoms with Crippen LogP contribution in [-0.4, -0.2) is 17.5 Å². The van der Waals surface area contributed by atoms with Gasteiger partial charge in [-0.05, 0) is 30.3 Å². The topological polar surface area (TPSA) is 84.3 Å². The second-order valence-corrected chi connectivity index (χ2v) is 5.18. The van der Waals surface area contributed by atoms with Crippen molar-refractivity contribution < 1.29 is 13.9 Å². The maximum atomic E-state index is 12.4. The lowest BCUT2D eigenvalue weighted by molar-refractivity contribution is -0.113. The number of para-hydroxylation sites is 1. The molecule has 0 atom stereocenters. The SMILES string of the molecule is O=C(Nc1ccc2oc(=O)[nH]c2c1)C1=Cc2ccccc2OC1. The van der Waals surface area contributed by atoms with E-state index in [1.807, 2.05) is 30.3 Å². The van der Waals surface area contributed by atoms with Crippen molar-refractivity contribution in [2.24, 2.45) is 0 Å². The van der Waals surface area contributed by atoms with E-state index in [-0.39, 0.29) is 12.5 Å². The number of H-pyrrole nitrogens is 1. The Morgan fingerprint density at radius 2 is 2.04 bits per heavy atom. The van der Waals surface area contributed by atoms with Crippen molar-refractivity contribution in [3.05, 3.63) is 64.2 Å². The first-order chi connectivity index (χ1) is 11.2. The van der Waals surface area contributed by atoms with Crippen molar-refractivity contribution in [3.8, 4) is 5.75 Å². The van der Waals surface area contributed by atoms with Crippen LogP contribution in [0.5, 0.6) is 5.75 Å². The van der Waals surface area contributed by atoms with Crippen LogP contribution in [0.2, 0.25) is 0 Å². The Bertz CT molecular complexity index is 997. The number of amides is 1. The van der Waals surface area contributed by atoms with Gasteiger partial charge in [-0.15, -0.1) is 0 Å². The molecule has 2 aromatic carbocycles. The highest BCUT2D eigenvalue weighted by molar-refractivity contribution is 6.08. The highest BCUT2D eigenvalue weighted by Gasteiger charge is 2.17. The van der Waals surface area contributed by atoms with Gasteiger partial charge in [-0.2, -0.15) is 0 Å². The molecule has 0 radical (unpaired) electrons. The summed E-state index contributed by atoms with van der Waals surface area (Å²) in [5, 5.41) is 2.79. The Morgan fingerprint density at radius 1 is 1.17 bits per heavy atom. The standard InChI is InChI=1S/C17H12N2O4/c20-16(11-7-10-3-1-2-4-14(10)22-9-11)18-12-5-6-15-13(8-12)19-17(21)23-15/h1-8H,9H2,(H,18,20)(H,19,21). The minimum atomic E-state index is -0.525. The molecule has 0 spiro atoms. The molecule has 0 saturated carbocycles. The molecule has 0 saturated heterocycles. The van der Waals surface area contributed by atoms with Gasteiger partial charge in [0.25, 0.3) is 5.91 Å². The molecule has 2 N–H and O–H groups in total. The maximum Gasteiger partial charge on any atom is 0.417 e. The Hall–Kier alpha value is -3.28. The summed E-state index contributed by atoms with van der Waals surface area (Å²) in [5.74, 6) is -0.00499. The zero-order chi connectivity index (χ0) is 15.8. The van der Waals surface area contributed by atoms with Crippen LogP contribution in [0, 0.1) is 0 Å². The second kappa shape index (κ2) is 5.17. The highest BCUT2D eigenvalue weighted by atomic mass is 16.5. The normalized spacial score (nSPS) is 13.1. The average molecular weight is 308 g/mol. The van der Waals surface area contributed by atoms with Crippen molar-refractivity contribution >= 4 is 28.8 Å². The maximum absolute atomic E-state index is 12.4. The molecule has 23 heavy (non-hydrogen) atoms. The number of carbonyl (C=O) groups is 1. The summed E-state index contributed by atoms with van der Waals surface area (Å²) >= 11 is 0. The molecule has 6 nitrogen and oxygen atoms in total. The van der Waals surface area contributed by atoms with Crippen molar-refractivity contribution in [2.75, 3.05) is 11.9 Å². The van der Waals surface area contributed by atoms with Crippen LogP contribution < -0.4 is 15.8 Å². The molecule has 1 amide bonds. The minimum Gasteiger partial charge on any atom is -0.488 e. The van der Waals surface area contributed by atoms with Gasteiger partial charge in [0.15, 0.2) is 5.58 Å². The van der Waals surface area contributed by atoms with E-state index in [0.717, 1.165) is 11.3 Å². The number of rotatable bonds is 2. The molecular formula is C17H12N2O4. The zero-order valence-corrected chi connectivity index (χ0v) is 12.0. The first-order valence-electron chi connectivity index (χ1n) is 7.06. The zero-order valence-electron chi connectivity index (χ0n) is 12.0. The van der Waals surface area contributed by atoms with Crippen LogP contribution in [0.4, 0.5) is 5.69 Å². The third-order valence-corrected chi connectivity index (χ3v) is 3.60. The number of anilines is 1. The van der Waals surface area contributed by atoms with Crippen LogP contribution in [0.3, 0.4) is 0 Å². The van der Waals surface area contributed by atoms with Crippen LogP contribution in [0.15, 0.2) is 57.2 Å². The summed E-state index contributed by atoms with van der Waals surface area (Å²) in [7, 11) is 0. The number of oxazole rings is 1. The molecule has 1 aliphatic rings. The molecule has 0 bridgehead atoms. The lowest BCUT2D eigenvalue weighted by Gasteiger charge is -2.17. The third kappa shape index (κ3) is 2.50. The monoisotopic (exact) mass is 308 g/mol. The first kappa shape index (κ1) is 13.4. The number of nitrogens with one attached hydrogen (secondary N) is 2. The van der Waals surface area contributed by atoms with Crippen LogP contribution in [0.1, 0.15) is 5.56 Å². The fourth-order valence-electron chi connectivity index (χ4n) is 2.49. The van der Waals surface area contributed by atoms with E-state index in [2.05, 4.69) is 10.3 Å². The average Bonchev–Trinajstić information content (AvgIpc) is 2.93. The molecule has 0 aliphatic carbocycles. The Labute approximate surface area is 130 Å². The van der Waals surface area contributed by atoms with Gasteiger partial charge in [-0.3, -0.25) is 9.78 Å². The fraction of sp³-hybridized carbons (Fsp3) is 0.0588. The molecule has 0 fully saturated rings. The number of hydrogen-bond donors (Lipinski definition) is 2. The van der Waals surface area contributed by atoms with Gasteiger partial charge in [-0.1, -0.05) is 18.2 Å². The summed E-state index contributed by atoms with van der Waals surface area (Å²) in [5.41, 5.74) is 2.96. The van der Waals surface area contributed by atoms with Crippen molar-refractivity contribution in [1.82, 2.24) is 4.98 Å². The van der Waals surface area contributed by atoms with E-state index in [1.165, 1.54) is 0 Å². The molecule has 2 heterocycles. The van der Waals surface area contributed by atoms with Gasteiger partial charge in [0.05, 0.1) is 11.1 Å². The van der Waals surface area contributed by atoms with Gasteiger partial charge in [0.1, 0.15) is 12.4 Å². The summed E-state index contributed by atoms with van der Waals surface area (Å²) in [4.78, 5) is 26.1. The Balaban J connectivity index is 1.59. The predicted octanol–water partition coefficient (Wildman–Crippen LogP) is 2.54. The summed E-state index contributed by atoms with van der Waals surface area (Å²) < 4.78 is 10.5. The largest absolute Gasteiger partial charge is 0.488 e. The molecule has 1 aliphatic heterocycles. The molecule has 4 rings (SSSR count). The van der Waals surface area contributed by atoms with Crippen molar-refractivity contribution in [2.45, 2.75) is 0 Å². The Kier molecular flexibility index (Phi) is 3.01. The predicted molar refractivity (Wildman–Crippen MR) is 85.4 cm³/mol. The van der Waals surface area contributed by atoms with E-state index in [4.69, 9.17) is 9.15 Å². The van der Waals surface area contributed by atoms with E-state index < -0.39 is 5.76 Å². The molecular weight excluding hydrogens is 296 g/mol. The van der Waals surface area contributed by atoms with E-state index in [1.54, 1.807) is 18.2 Å². The lowest BCUT2D eigenvalue weighted by Crippen LogP contribution is -2.21. The van der Waals surface area contributed by atoms with E-state index >= 15 is 0 Å². The van der Waals surface area contributed by atoms with Crippen molar-refractivity contribution in [1.29, 1.82) is 0 Å². The van der Waals surface area contributed by atoms with Gasteiger partial charge in [0.2, 0.25) is 0 Å². The first-order valence-corrected chi connectivity index (χ1v) is 7.06. The molecule has 114 valence electrons. The number of carbonyl (C=O) groups excluding carboxylic acids is 1. The molecule has 1 aromatic heterocycles. The number of ether oxygens (including phenoxy) is 1. The number of aromatic nitrogens is 1. The molecule has 3 aromatic rings. The molecule has 0 unspecified atom stereocenters. The van der Waals surface area contributed by atoms with Crippen LogP contribution in [0.25, 0.3) is 17.2 Å². The van der Waals surface area contributed by atoms with Crippen molar-refractivity contribution in [3.63, 3.8) is 0 Å². The summed E-state index contributed by atoms with van der Waals surface area (Å²) in [6, 6.07) is 12.5. The quantitative estimate of drug-likeness (QED) is 0.762. The van der Waals surface area contributed by atoms with Crippen LogP contribution >= 0.6 is 0 Å². The summed E-state index contributed by atoms with van der Waals surface area (Å²) in [6.07, 6.45) is 1.81. The van der Waals surface area contributed by atoms with Gasteiger partial charge >= 0.3 is 5.76 Å². The molecule has 6 heteroatoms. The highest BCUT2D eigenvalue weighted by Crippen LogP contribution is 2.26. The van der Waals surface area contributed by atoms with E-state index in [0.29, 0.717) is 22.4 Å². The number of aromatic amines is 1. The van der Waals surface area contributed by atoms with Gasteiger partial charge < -0.3 is 14.5 Å². The number of fused-ring (bicyclic) bond motifs is 2. The second-order valence-electron chi connectivity index (χ2n) is 5.18.